The van der Waals surface area contributed by atoms with Gasteiger partial charge >= 0.3 is 5.97 Å². The molecule has 26 heavy (non-hydrogen) atoms. The van der Waals surface area contributed by atoms with Gasteiger partial charge in [-0.3, -0.25) is 4.79 Å². The molecule has 0 spiro atoms. The molecule has 0 aliphatic rings. The summed E-state index contributed by atoms with van der Waals surface area (Å²) in [4.78, 5) is 23.5. The van der Waals surface area contributed by atoms with Crippen molar-refractivity contribution in [2.45, 2.75) is 13.8 Å². The molecule has 0 fully saturated rings. The Morgan fingerprint density at radius 1 is 0.923 bits per heavy atom. The van der Waals surface area contributed by atoms with Crippen LogP contribution in [0.25, 0.3) is 0 Å². The fraction of sp³-hybridized carbons (Fsp3) is 0.176. The fourth-order valence-corrected chi connectivity index (χ4v) is 2.14. The molecule has 0 bridgehead atoms. The molecule has 138 valence electrons. The first kappa shape index (κ1) is 19.4. The van der Waals surface area contributed by atoms with Crippen LogP contribution in [0.1, 0.15) is 21.5 Å². The molecule has 0 unspecified atom stereocenters. The maximum absolute atomic E-state index is 13.5. The third-order valence-corrected chi connectivity index (χ3v) is 3.41. The van der Waals surface area contributed by atoms with Crippen LogP contribution in [0.4, 0.5) is 27.6 Å². The van der Waals surface area contributed by atoms with Crippen molar-refractivity contribution in [3.05, 3.63) is 64.0 Å². The van der Waals surface area contributed by atoms with Crippen LogP contribution in [-0.2, 0) is 9.53 Å². The van der Waals surface area contributed by atoms with E-state index < -0.39 is 53.3 Å². The second-order valence-corrected chi connectivity index (χ2v) is 5.39. The molecule has 1 amide bonds. The maximum Gasteiger partial charge on any atom is 0.338 e. The van der Waals surface area contributed by atoms with Crippen LogP contribution in [0.5, 0.6) is 0 Å². The third-order valence-electron chi connectivity index (χ3n) is 3.41. The number of esters is 1. The predicted molar refractivity (Wildman–Crippen MR) is 81.1 cm³/mol. The Hall–Kier alpha value is -2.97. The Bertz CT molecular complexity index is 869. The summed E-state index contributed by atoms with van der Waals surface area (Å²) in [6, 6.07) is 4.80. The average molecular weight is 373 g/mol. The summed E-state index contributed by atoms with van der Waals surface area (Å²) < 4.78 is 70.7. The minimum absolute atomic E-state index is 0.166. The summed E-state index contributed by atoms with van der Waals surface area (Å²) in [5, 5.41) is 1.51. The number of anilines is 1. The molecule has 0 heterocycles. The molecule has 0 atom stereocenters. The summed E-state index contributed by atoms with van der Waals surface area (Å²) in [6.07, 6.45) is 0. The highest BCUT2D eigenvalue weighted by Crippen LogP contribution is 2.27. The second-order valence-electron chi connectivity index (χ2n) is 5.39. The van der Waals surface area contributed by atoms with Crippen molar-refractivity contribution in [2.75, 3.05) is 11.9 Å². The SMILES string of the molecule is Cc1ccc(C(=O)OCC(=O)Nc2c(F)c(F)c(F)c(F)c2F)c(C)c1. The molecular formula is C17H12F5NO3. The van der Waals surface area contributed by atoms with Crippen LogP contribution in [0.3, 0.4) is 0 Å². The lowest BCUT2D eigenvalue weighted by atomic mass is 10.1. The van der Waals surface area contributed by atoms with Gasteiger partial charge in [-0.1, -0.05) is 17.7 Å². The maximum atomic E-state index is 13.5. The van der Waals surface area contributed by atoms with E-state index in [1.807, 2.05) is 0 Å². The van der Waals surface area contributed by atoms with Gasteiger partial charge in [0.15, 0.2) is 29.9 Å². The van der Waals surface area contributed by atoms with Gasteiger partial charge in [-0.05, 0) is 25.5 Å². The lowest BCUT2D eigenvalue weighted by Gasteiger charge is -2.11. The number of carbonyl (C=O) groups is 2. The Labute approximate surface area is 144 Å². The molecule has 0 aromatic heterocycles. The highest BCUT2D eigenvalue weighted by atomic mass is 19.2. The zero-order valence-electron chi connectivity index (χ0n) is 13.6. The highest BCUT2D eigenvalue weighted by molar-refractivity contribution is 5.96. The van der Waals surface area contributed by atoms with Crippen molar-refractivity contribution >= 4 is 17.6 Å². The van der Waals surface area contributed by atoms with Crippen molar-refractivity contribution in [2.24, 2.45) is 0 Å². The minimum atomic E-state index is -2.35. The predicted octanol–water partition coefficient (Wildman–Crippen LogP) is 3.79. The summed E-state index contributed by atoms with van der Waals surface area (Å²) in [7, 11) is 0. The first-order valence-corrected chi connectivity index (χ1v) is 7.19. The van der Waals surface area contributed by atoms with Crippen molar-refractivity contribution in [3.8, 4) is 0 Å². The first-order chi connectivity index (χ1) is 12.1. The van der Waals surface area contributed by atoms with Gasteiger partial charge in [0, 0.05) is 0 Å². The number of hydrogen-bond acceptors (Lipinski definition) is 3. The van der Waals surface area contributed by atoms with E-state index in [0.717, 1.165) is 5.56 Å². The van der Waals surface area contributed by atoms with Crippen molar-refractivity contribution in [3.63, 3.8) is 0 Å². The van der Waals surface area contributed by atoms with Gasteiger partial charge in [0.05, 0.1) is 5.56 Å². The lowest BCUT2D eigenvalue weighted by molar-refractivity contribution is -0.119. The summed E-state index contributed by atoms with van der Waals surface area (Å²) in [6.45, 7) is 2.46. The number of hydrogen-bond donors (Lipinski definition) is 1. The lowest BCUT2D eigenvalue weighted by Crippen LogP contribution is -2.23. The molecule has 9 heteroatoms. The molecule has 0 aliphatic heterocycles. The number of aryl methyl sites for hydroxylation is 2. The Balaban J connectivity index is 2.09. The summed E-state index contributed by atoms with van der Waals surface area (Å²) >= 11 is 0. The Morgan fingerprint density at radius 2 is 1.46 bits per heavy atom. The molecule has 0 saturated heterocycles. The first-order valence-electron chi connectivity index (χ1n) is 7.19. The van der Waals surface area contributed by atoms with E-state index >= 15 is 0 Å². The van der Waals surface area contributed by atoms with Crippen molar-refractivity contribution < 1.29 is 36.3 Å². The van der Waals surface area contributed by atoms with Crippen LogP contribution >= 0.6 is 0 Å². The third kappa shape index (κ3) is 3.81. The number of benzene rings is 2. The van der Waals surface area contributed by atoms with Crippen LogP contribution < -0.4 is 5.32 Å². The van der Waals surface area contributed by atoms with Gasteiger partial charge in [0.1, 0.15) is 5.69 Å². The number of nitrogens with one attached hydrogen (secondary N) is 1. The number of halogens is 5. The Kier molecular flexibility index (Phi) is 5.59. The van der Waals surface area contributed by atoms with E-state index in [9.17, 15) is 31.5 Å². The summed E-state index contributed by atoms with van der Waals surface area (Å²) in [5.41, 5.74) is 0.117. The monoisotopic (exact) mass is 373 g/mol. The summed E-state index contributed by atoms with van der Waals surface area (Å²) in [5.74, 6) is -13.3. The molecule has 2 rings (SSSR count). The smallest absolute Gasteiger partial charge is 0.338 e. The van der Waals surface area contributed by atoms with E-state index in [-0.39, 0.29) is 5.56 Å². The average Bonchev–Trinajstić information content (AvgIpc) is 2.60. The number of rotatable bonds is 4. The molecule has 4 nitrogen and oxygen atoms in total. The zero-order valence-corrected chi connectivity index (χ0v) is 13.6. The topological polar surface area (TPSA) is 55.4 Å². The quantitative estimate of drug-likeness (QED) is 0.384. The standard InChI is InChI=1S/C17H12F5NO3/c1-7-3-4-9(8(2)5-7)17(25)26-6-10(24)23-16-14(21)12(19)11(18)13(20)15(16)22/h3-5H,6H2,1-2H3,(H,23,24). The molecular weight excluding hydrogens is 361 g/mol. The van der Waals surface area contributed by atoms with Crippen LogP contribution in [0.15, 0.2) is 18.2 Å². The van der Waals surface area contributed by atoms with Gasteiger partial charge in [-0.15, -0.1) is 0 Å². The van der Waals surface area contributed by atoms with Crippen LogP contribution in [-0.4, -0.2) is 18.5 Å². The molecule has 2 aromatic rings. The van der Waals surface area contributed by atoms with Gasteiger partial charge in [0.25, 0.3) is 5.91 Å². The van der Waals surface area contributed by atoms with E-state index in [0.29, 0.717) is 5.56 Å². The van der Waals surface area contributed by atoms with Gasteiger partial charge in [0.2, 0.25) is 5.82 Å². The number of ether oxygens (including phenoxy) is 1. The largest absolute Gasteiger partial charge is 0.452 e. The Morgan fingerprint density at radius 3 is 2.00 bits per heavy atom. The molecule has 1 N–H and O–H groups in total. The van der Waals surface area contributed by atoms with Crippen LogP contribution in [0, 0.1) is 42.9 Å². The van der Waals surface area contributed by atoms with Crippen LogP contribution in [0.2, 0.25) is 0 Å². The minimum Gasteiger partial charge on any atom is -0.452 e. The van der Waals surface area contributed by atoms with Crippen molar-refractivity contribution in [1.82, 2.24) is 0 Å². The second kappa shape index (κ2) is 7.51. The van der Waals surface area contributed by atoms with E-state index in [1.165, 1.54) is 11.4 Å². The van der Waals surface area contributed by atoms with Gasteiger partial charge < -0.3 is 10.1 Å². The van der Waals surface area contributed by atoms with E-state index in [2.05, 4.69) is 4.74 Å². The number of amides is 1. The van der Waals surface area contributed by atoms with Gasteiger partial charge in [-0.2, -0.15) is 0 Å². The zero-order chi connectivity index (χ0) is 19.6. The molecule has 0 aliphatic carbocycles. The molecule has 2 aromatic carbocycles. The van der Waals surface area contributed by atoms with Crippen molar-refractivity contribution in [1.29, 1.82) is 0 Å². The van der Waals surface area contributed by atoms with E-state index in [1.54, 1.807) is 26.0 Å². The normalized spacial score (nSPS) is 10.6. The fourth-order valence-electron chi connectivity index (χ4n) is 2.14. The molecule has 0 radical (unpaired) electrons. The van der Waals surface area contributed by atoms with Gasteiger partial charge in [-0.25, -0.2) is 26.7 Å². The molecule has 0 saturated carbocycles. The number of carbonyl (C=O) groups excluding carboxylic acids is 2. The van der Waals surface area contributed by atoms with E-state index in [4.69, 9.17) is 0 Å². The highest BCUT2D eigenvalue weighted by Gasteiger charge is 2.27.